The molecule has 28 heavy (non-hydrogen) atoms. The van der Waals surface area contributed by atoms with Gasteiger partial charge in [0.1, 0.15) is 11.8 Å². The summed E-state index contributed by atoms with van der Waals surface area (Å²) >= 11 is 0. The zero-order valence-corrected chi connectivity index (χ0v) is 15.6. The van der Waals surface area contributed by atoms with Gasteiger partial charge in [0.25, 0.3) is 0 Å². The van der Waals surface area contributed by atoms with Crippen molar-refractivity contribution in [2.75, 3.05) is 14.2 Å². The van der Waals surface area contributed by atoms with Gasteiger partial charge in [-0.1, -0.05) is 30.9 Å². The molecule has 144 valence electrons. The molecule has 1 atom stereocenters. The number of aliphatic hydroxyl groups excluding tert-OH is 1. The Morgan fingerprint density at radius 1 is 1.25 bits per heavy atom. The number of carbonyl (C=O) groups excluding carboxylic acids is 2. The highest BCUT2D eigenvalue weighted by molar-refractivity contribution is 6.10. The SMILES string of the molecule is C=CCn1c2ccccc2c2cc(C(=O)OC)nc(C(O)C(=C)C(=O)OC)c21. The summed E-state index contributed by atoms with van der Waals surface area (Å²) in [5.41, 5.74) is 1.40. The summed E-state index contributed by atoms with van der Waals surface area (Å²) in [7, 11) is 2.45. The van der Waals surface area contributed by atoms with Gasteiger partial charge in [0, 0.05) is 22.8 Å². The number of rotatable bonds is 6. The summed E-state index contributed by atoms with van der Waals surface area (Å²) < 4.78 is 11.4. The second-order valence-electron chi connectivity index (χ2n) is 6.12. The van der Waals surface area contributed by atoms with Crippen LogP contribution in [0.4, 0.5) is 0 Å². The van der Waals surface area contributed by atoms with Crippen molar-refractivity contribution in [3.05, 3.63) is 66.5 Å². The molecule has 2 heterocycles. The summed E-state index contributed by atoms with van der Waals surface area (Å²) in [6, 6.07) is 9.20. The molecule has 0 fully saturated rings. The van der Waals surface area contributed by atoms with Crippen LogP contribution in [-0.2, 0) is 20.8 Å². The van der Waals surface area contributed by atoms with Crippen LogP contribution in [0.15, 0.2) is 55.1 Å². The minimum absolute atomic E-state index is 0.0169. The number of pyridine rings is 1. The molecule has 3 aromatic rings. The molecule has 0 radical (unpaired) electrons. The zero-order valence-electron chi connectivity index (χ0n) is 15.6. The Labute approximate surface area is 161 Å². The Hall–Kier alpha value is -3.45. The lowest BCUT2D eigenvalue weighted by atomic mass is 10.0. The number of methoxy groups -OCH3 is 2. The highest BCUT2D eigenvalue weighted by Crippen LogP contribution is 2.35. The normalized spacial score (nSPS) is 12.0. The lowest BCUT2D eigenvalue weighted by molar-refractivity contribution is -0.137. The van der Waals surface area contributed by atoms with Crippen LogP contribution in [-0.4, -0.2) is 40.8 Å². The quantitative estimate of drug-likeness (QED) is 0.402. The third-order valence-electron chi connectivity index (χ3n) is 4.52. The van der Waals surface area contributed by atoms with Crippen LogP contribution in [0, 0.1) is 0 Å². The van der Waals surface area contributed by atoms with E-state index >= 15 is 0 Å². The van der Waals surface area contributed by atoms with Gasteiger partial charge in [-0.15, -0.1) is 6.58 Å². The Bertz CT molecular complexity index is 1110. The van der Waals surface area contributed by atoms with E-state index in [0.29, 0.717) is 17.4 Å². The molecule has 1 aromatic carbocycles. The van der Waals surface area contributed by atoms with Crippen LogP contribution in [0.5, 0.6) is 0 Å². The molecule has 7 heteroatoms. The van der Waals surface area contributed by atoms with Crippen molar-refractivity contribution in [2.45, 2.75) is 12.6 Å². The molecule has 1 unspecified atom stereocenters. The van der Waals surface area contributed by atoms with Crippen molar-refractivity contribution in [1.82, 2.24) is 9.55 Å². The number of para-hydroxylation sites is 1. The Morgan fingerprint density at radius 3 is 2.61 bits per heavy atom. The number of nitrogens with zero attached hydrogens (tertiary/aromatic N) is 2. The third kappa shape index (κ3) is 3.05. The fraction of sp³-hybridized carbons (Fsp3) is 0.190. The van der Waals surface area contributed by atoms with Gasteiger partial charge in [-0.05, 0) is 12.1 Å². The van der Waals surface area contributed by atoms with Crippen molar-refractivity contribution in [1.29, 1.82) is 0 Å². The van der Waals surface area contributed by atoms with Crippen LogP contribution in [0.2, 0.25) is 0 Å². The molecule has 1 N–H and O–H groups in total. The predicted octanol–water partition coefficient (Wildman–Crippen LogP) is 2.92. The predicted molar refractivity (Wildman–Crippen MR) is 105 cm³/mol. The maximum Gasteiger partial charge on any atom is 0.356 e. The maximum absolute atomic E-state index is 12.2. The lowest BCUT2D eigenvalue weighted by Crippen LogP contribution is -2.16. The van der Waals surface area contributed by atoms with Crippen LogP contribution < -0.4 is 0 Å². The number of carbonyl (C=O) groups is 2. The topological polar surface area (TPSA) is 90.7 Å². The van der Waals surface area contributed by atoms with Crippen LogP contribution in [0.3, 0.4) is 0 Å². The Balaban J connectivity index is 2.42. The second-order valence-corrected chi connectivity index (χ2v) is 6.12. The first-order valence-electron chi connectivity index (χ1n) is 8.50. The molecule has 0 aliphatic carbocycles. The summed E-state index contributed by atoms with van der Waals surface area (Å²) in [4.78, 5) is 28.4. The molecule has 2 aromatic heterocycles. The number of hydrogen-bond donors (Lipinski definition) is 1. The number of fused-ring (bicyclic) bond motifs is 3. The van der Waals surface area contributed by atoms with Crippen molar-refractivity contribution in [3.8, 4) is 0 Å². The van der Waals surface area contributed by atoms with Gasteiger partial charge in [-0.2, -0.15) is 0 Å². The van der Waals surface area contributed by atoms with Crippen molar-refractivity contribution in [2.24, 2.45) is 0 Å². The summed E-state index contributed by atoms with van der Waals surface area (Å²) in [6.07, 6.45) is 0.248. The number of benzene rings is 1. The molecule has 0 bridgehead atoms. The van der Waals surface area contributed by atoms with Gasteiger partial charge in [0.2, 0.25) is 0 Å². The molecule has 0 spiro atoms. The molecular formula is C21H20N2O5. The first kappa shape index (κ1) is 19.3. The smallest absolute Gasteiger partial charge is 0.356 e. The van der Waals surface area contributed by atoms with E-state index in [9.17, 15) is 14.7 Å². The van der Waals surface area contributed by atoms with Gasteiger partial charge in [-0.3, -0.25) is 0 Å². The molecular weight excluding hydrogens is 360 g/mol. The molecule has 0 amide bonds. The van der Waals surface area contributed by atoms with Gasteiger partial charge in [0.05, 0.1) is 31.0 Å². The van der Waals surface area contributed by atoms with E-state index in [2.05, 4.69) is 22.9 Å². The number of hydrogen-bond acceptors (Lipinski definition) is 6. The minimum atomic E-state index is -1.47. The largest absolute Gasteiger partial charge is 0.466 e. The average molecular weight is 380 g/mol. The fourth-order valence-corrected chi connectivity index (χ4v) is 3.23. The van der Waals surface area contributed by atoms with Gasteiger partial charge in [0.15, 0.2) is 0 Å². The van der Waals surface area contributed by atoms with E-state index < -0.39 is 18.0 Å². The van der Waals surface area contributed by atoms with Gasteiger partial charge < -0.3 is 19.1 Å². The third-order valence-corrected chi connectivity index (χ3v) is 4.52. The van der Waals surface area contributed by atoms with E-state index in [-0.39, 0.29) is 17.0 Å². The number of aliphatic hydroxyl groups is 1. The van der Waals surface area contributed by atoms with E-state index in [1.807, 2.05) is 28.8 Å². The van der Waals surface area contributed by atoms with Crippen molar-refractivity contribution < 1.29 is 24.2 Å². The Morgan fingerprint density at radius 2 is 1.96 bits per heavy atom. The van der Waals surface area contributed by atoms with Gasteiger partial charge >= 0.3 is 11.9 Å². The minimum Gasteiger partial charge on any atom is -0.466 e. The molecule has 0 aliphatic heterocycles. The number of allylic oxidation sites excluding steroid dienone is 1. The van der Waals surface area contributed by atoms with Crippen LogP contribution in [0.25, 0.3) is 21.8 Å². The standard InChI is InChI=1S/C21H20N2O5/c1-5-10-23-16-9-7-6-8-13(16)14-11-15(21(26)28-4)22-17(18(14)23)19(24)12(2)20(25)27-3/h5-9,11,19,24H,1-2,10H2,3-4H3. The number of aromatic nitrogens is 2. The summed E-state index contributed by atoms with van der Waals surface area (Å²) in [5, 5.41) is 12.4. The van der Waals surface area contributed by atoms with E-state index in [1.165, 1.54) is 14.2 Å². The van der Waals surface area contributed by atoms with E-state index in [1.54, 1.807) is 12.1 Å². The van der Waals surface area contributed by atoms with E-state index in [0.717, 1.165) is 10.9 Å². The van der Waals surface area contributed by atoms with Crippen molar-refractivity contribution >= 4 is 33.7 Å². The highest BCUT2D eigenvalue weighted by Gasteiger charge is 2.27. The molecule has 7 nitrogen and oxygen atoms in total. The lowest BCUT2D eigenvalue weighted by Gasteiger charge is -2.16. The highest BCUT2D eigenvalue weighted by atomic mass is 16.5. The summed E-state index contributed by atoms with van der Waals surface area (Å²) in [6.45, 7) is 7.85. The zero-order chi connectivity index (χ0) is 20.4. The van der Waals surface area contributed by atoms with Crippen molar-refractivity contribution in [3.63, 3.8) is 0 Å². The Kier molecular flexibility index (Phi) is 5.28. The van der Waals surface area contributed by atoms with Crippen LogP contribution >= 0.6 is 0 Å². The van der Waals surface area contributed by atoms with E-state index in [4.69, 9.17) is 4.74 Å². The molecule has 0 saturated heterocycles. The maximum atomic E-state index is 12.2. The average Bonchev–Trinajstić information content (AvgIpc) is 3.05. The first-order valence-corrected chi connectivity index (χ1v) is 8.50. The first-order chi connectivity index (χ1) is 13.4. The number of ether oxygens (including phenoxy) is 2. The fourth-order valence-electron chi connectivity index (χ4n) is 3.23. The molecule has 0 aliphatic rings. The van der Waals surface area contributed by atoms with Crippen LogP contribution in [0.1, 0.15) is 22.3 Å². The van der Waals surface area contributed by atoms with Gasteiger partial charge in [-0.25, -0.2) is 14.6 Å². The number of esters is 2. The molecule has 3 rings (SSSR count). The summed E-state index contributed by atoms with van der Waals surface area (Å²) in [5.74, 6) is -1.42. The molecule has 0 saturated carbocycles. The second kappa shape index (κ2) is 7.66. The monoisotopic (exact) mass is 380 g/mol.